The Balaban J connectivity index is 1.58. The smallest absolute Gasteiger partial charge is 0.253 e. The van der Waals surface area contributed by atoms with Crippen LogP contribution in [0, 0.1) is 6.92 Å². The lowest BCUT2D eigenvalue weighted by molar-refractivity contribution is -0.113. The summed E-state index contributed by atoms with van der Waals surface area (Å²) in [5, 5.41) is 15.1. The van der Waals surface area contributed by atoms with Crippen LogP contribution in [0.25, 0.3) is 0 Å². The fraction of sp³-hybridized carbons (Fsp3) is 0.238. The van der Waals surface area contributed by atoms with E-state index >= 15 is 0 Å². The van der Waals surface area contributed by atoms with Crippen LogP contribution in [0.3, 0.4) is 0 Å². The first-order valence-electron chi connectivity index (χ1n) is 9.52. The largest absolute Gasteiger partial charge is 0.345 e. The van der Waals surface area contributed by atoms with Gasteiger partial charge in [-0.05, 0) is 49.7 Å². The van der Waals surface area contributed by atoms with Crippen molar-refractivity contribution >= 4 is 56.8 Å². The molecule has 0 saturated heterocycles. The minimum atomic E-state index is -0.283. The maximum Gasteiger partial charge on any atom is 0.253 e. The number of nitrogens with one attached hydrogen (secondary N) is 2. The van der Waals surface area contributed by atoms with Crippen LogP contribution in [0.15, 0.2) is 52.1 Å². The van der Waals surface area contributed by atoms with Crippen molar-refractivity contribution < 1.29 is 9.59 Å². The Morgan fingerprint density at radius 3 is 2.68 bits per heavy atom. The third kappa shape index (κ3) is 6.09. The second kappa shape index (κ2) is 10.8. The van der Waals surface area contributed by atoms with Crippen LogP contribution < -0.4 is 10.6 Å². The Morgan fingerprint density at radius 2 is 1.97 bits per heavy atom. The monoisotopic (exact) mass is 521 g/mol. The molecule has 0 aliphatic heterocycles. The van der Waals surface area contributed by atoms with Crippen LogP contribution in [0.1, 0.15) is 28.7 Å². The third-order valence-corrected chi connectivity index (χ3v) is 6.22. The van der Waals surface area contributed by atoms with E-state index in [1.165, 1.54) is 11.8 Å². The Kier molecular flexibility index (Phi) is 8.11. The minimum absolute atomic E-state index is 0.130. The molecule has 0 radical (unpaired) electrons. The lowest BCUT2D eigenvalue weighted by atomic mass is 10.2. The number of aryl methyl sites for hydroxylation is 1. The zero-order valence-electron chi connectivity index (χ0n) is 17.0. The molecular weight excluding hydrogens is 502 g/mol. The molecular formula is C21H21BrClN5O2S. The van der Waals surface area contributed by atoms with Crippen LogP contribution in [0.5, 0.6) is 0 Å². The summed E-state index contributed by atoms with van der Waals surface area (Å²) in [5.74, 6) is 0.388. The van der Waals surface area contributed by atoms with Crippen LogP contribution >= 0.6 is 39.3 Å². The number of aromatic nitrogens is 3. The number of benzene rings is 2. The van der Waals surface area contributed by atoms with E-state index in [0.29, 0.717) is 28.1 Å². The highest BCUT2D eigenvalue weighted by molar-refractivity contribution is 9.10. The van der Waals surface area contributed by atoms with Crippen LogP contribution in [0.2, 0.25) is 5.02 Å². The SMILES string of the molecule is CCn1c(CNC(=O)c2ccccc2Cl)nnc1SCC(=O)Nc1ccc(Br)cc1C. The first kappa shape index (κ1) is 23.3. The summed E-state index contributed by atoms with van der Waals surface area (Å²) in [6.45, 7) is 4.71. The molecule has 162 valence electrons. The zero-order valence-corrected chi connectivity index (χ0v) is 20.1. The second-order valence-corrected chi connectivity index (χ2v) is 8.87. The van der Waals surface area contributed by atoms with Gasteiger partial charge < -0.3 is 15.2 Å². The van der Waals surface area contributed by atoms with E-state index in [0.717, 1.165) is 15.7 Å². The van der Waals surface area contributed by atoms with Crippen LogP contribution in [0.4, 0.5) is 5.69 Å². The zero-order chi connectivity index (χ0) is 22.4. The van der Waals surface area contributed by atoms with Gasteiger partial charge in [0.05, 0.1) is 22.9 Å². The molecule has 0 fully saturated rings. The first-order valence-corrected chi connectivity index (χ1v) is 11.7. The molecule has 0 spiro atoms. The summed E-state index contributed by atoms with van der Waals surface area (Å²) in [7, 11) is 0. The number of carbonyl (C=O) groups is 2. The van der Waals surface area contributed by atoms with Crippen molar-refractivity contribution in [1.82, 2.24) is 20.1 Å². The number of rotatable bonds is 8. The van der Waals surface area contributed by atoms with Crippen molar-refractivity contribution in [2.45, 2.75) is 32.1 Å². The normalized spacial score (nSPS) is 10.7. The third-order valence-electron chi connectivity index (χ3n) is 4.43. The standard InChI is InChI=1S/C21H21BrClN5O2S/c1-3-28-18(11-24-20(30)15-6-4-5-7-16(15)23)26-27-21(28)31-12-19(29)25-17-9-8-14(22)10-13(17)2/h4-10H,3,11-12H2,1-2H3,(H,24,30)(H,25,29). The number of amides is 2. The van der Waals surface area contributed by atoms with Gasteiger partial charge in [-0.15, -0.1) is 10.2 Å². The molecule has 10 heteroatoms. The average Bonchev–Trinajstić information content (AvgIpc) is 3.14. The fourth-order valence-corrected chi connectivity index (χ4v) is 4.38. The Hall–Kier alpha value is -2.36. The number of nitrogens with zero attached hydrogens (tertiary/aromatic N) is 3. The summed E-state index contributed by atoms with van der Waals surface area (Å²) in [5.41, 5.74) is 2.15. The van der Waals surface area contributed by atoms with Crippen molar-refractivity contribution in [2.75, 3.05) is 11.1 Å². The van der Waals surface area contributed by atoms with Gasteiger partial charge in [0.25, 0.3) is 5.91 Å². The molecule has 0 saturated carbocycles. The van der Waals surface area contributed by atoms with Gasteiger partial charge in [-0.25, -0.2) is 0 Å². The highest BCUT2D eigenvalue weighted by Gasteiger charge is 2.16. The summed E-state index contributed by atoms with van der Waals surface area (Å²) in [4.78, 5) is 24.7. The Morgan fingerprint density at radius 1 is 1.19 bits per heavy atom. The van der Waals surface area contributed by atoms with Gasteiger partial charge in [0.1, 0.15) is 0 Å². The van der Waals surface area contributed by atoms with Gasteiger partial charge in [-0.3, -0.25) is 9.59 Å². The van der Waals surface area contributed by atoms with Crippen molar-refractivity contribution in [3.63, 3.8) is 0 Å². The molecule has 0 unspecified atom stereocenters. The predicted octanol–water partition coefficient (Wildman–Crippen LogP) is 4.68. The molecule has 0 aliphatic carbocycles. The maximum absolute atomic E-state index is 12.4. The van der Waals surface area contributed by atoms with E-state index in [9.17, 15) is 9.59 Å². The predicted molar refractivity (Wildman–Crippen MR) is 127 cm³/mol. The molecule has 2 aromatic carbocycles. The van der Waals surface area contributed by atoms with Gasteiger partial charge in [0.15, 0.2) is 11.0 Å². The van der Waals surface area contributed by atoms with Crippen LogP contribution in [-0.4, -0.2) is 32.3 Å². The topological polar surface area (TPSA) is 88.9 Å². The number of halogens is 2. The van der Waals surface area contributed by atoms with Gasteiger partial charge in [-0.1, -0.05) is 51.4 Å². The lowest BCUT2D eigenvalue weighted by Gasteiger charge is -2.10. The maximum atomic E-state index is 12.4. The highest BCUT2D eigenvalue weighted by atomic mass is 79.9. The molecule has 31 heavy (non-hydrogen) atoms. The van der Waals surface area contributed by atoms with Crippen LogP contribution in [-0.2, 0) is 17.9 Å². The molecule has 1 aromatic heterocycles. The van der Waals surface area contributed by atoms with E-state index in [2.05, 4.69) is 36.8 Å². The highest BCUT2D eigenvalue weighted by Crippen LogP contribution is 2.22. The molecule has 2 amide bonds. The van der Waals surface area contributed by atoms with Gasteiger partial charge in [-0.2, -0.15) is 0 Å². The molecule has 0 aliphatic rings. The summed E-state index contributed by atoms with van der Waals surface area (Å²) < 4.78 is 2.83. The van der Waals surface area contributed by atoms with E-state index in [1.54, 1.807) is 24.3 Å². The number of carbonyl (C=O) groups excluding carboxylic acids is 2. The van der Waals surface area contributed by atoms with Gasteiger partial charge >= 0.3 is 0 Å². The number of hydrogen-bond donors (Lipinski definition) is 2. The molecule has 3 rings (SSSR count). The van der Waals surface area contributed by atoms with E-state index in [-0.39, 0.29) is 24.1 Å². The van der Waals surface area contributed by atoms with Gasteiger partial charge in [0.2, 0.25) is 5.91 Å². The summed E-state index contributed by atoms with van der Waals surface area (Å²) in [6.07, 6.45) is 0. The number of anilines is 1. The van der Waals surface area contributed by atoms with E-state index in [4.69, 9.17) is 11.6 Å². The second-order valence-electron chi connectivity index (χ2n) is 6.60. The van der Waals surface area contributed by atoms with E-state index in [1.807, 2.05) is 36.6 Å². The quantitative estimate of drug-likeness (QED) is 0.419. The average molecular weight is 523 g/mol. The molecule has 7 nitrogen and oxygen atoms in total. The minimum Gasteiger partial charge on any atom is -0.345 e. The first-order chi connectivity index (χ1) is 14.9. The van der Waals surface area contributed by atoms with Crippen molar-refractivity contribution in [2.24, 2.45) is 0 Å². The summed E-state index contributed by atoms with van der Waals surface area (Å²) >= 11 is 10.8. The molecule has 1 heterocycles. The van der Waals surface area contributed by atoms with Gasteiger partial charge in [0, 0.05) is 16.7 Å². The fourth-order valence-electron chi connectivity index (χ4n) is 2.86. The Bertz CT molecular complexity index is 1110. The van der Waals surface area contributed by atoms with Crippen molar-refractivity contribution in [3.8, 4) is 0 Å². The molecule has 0 bridgehead atoms. The number of hydrogen-bond acceptors (Lipinski definition) is 5. The molecule has 3 aromatic rings. The summed E-state index contributed by atoms with van der Waals surface area (Å²) in [6, 6.07) is 12.5. The molecule has 0 atom stereocenters. The number of thioether (sulfide) groups is 1. The lowest BCUT2D eigenvalue weighted by Crippen LogP contribution is -2.25. The van der Waals surface area contributed by atoms with E-state index < -0.39 is 0 Å². The Labute approximate surface area is 198 Å². The van der Waals surface area contributed by atoms with Crippen molar-refractivity contribution in [3.05, 3.63) is 68.9 Å². The molecule has 2 N–H and O–H groups in total. The van der Waals surface area contributed by atoms with Crippen molar-refractivity contribution in [1.29, 1.82) is 0 Å².